The number of rotatable bonds is 5. The molecule has 0 aliphatic heterocycles. The Morgan fingerprint density at radius 3 is 2.74 bits per heavy atom. The molecule has 0 amide bonds. The number of aryl methyl sites for hydroxylation is 2. The number of hydrogen-bond donors (Lipinski definition) is 2. The minimum atomic E-state index is 0.0370. The Balaban J connectivity index is 2.05. The maximum absolute atomic E-state index is 6.02. The lowest BCUT2D eigenvalue weighted by Gasteiger charge is -2.16. The van der Waals surface area contributed by atoms with Gasteiger partial charge in [0.1, 0.15) is 0 Å². The maximum Gasteiger partial charge on any atom is 0.0595 e. The Hall–Kier alpha value is -1.07. The van der Waals surface area contributed by atoms with Crippen LogP contribution in [0, 0.1) is 0 Å². The SMILES string of the molecule is Cn1cc(CCC(NN)c2ccc(Cl)c(Cl)c2)cn1. The summed E-state index contributed by atoms with van der Waals surface area (Å²) in [6.45, 7) is 0. The van der Waals surface area contributed by atoms with Gasteiger partial charge in [-0.05, 0) is 36.1 Å². The third-order valence-corrected chi connectivity index (χ3v) is 3.77. The molecule has 2 aromatic rings. The Morgan fingerprint density at radius 1 is 1.37 bits per heavy atom. The second-order valence-electron chi connectivity index (χ2n) is 4.45. The molecule has 102 valence electrons. The quantitative estimate of drug-likeness (QED) is 0.659. The molecular weight excluding hydrogens is 283 g/mol. The number of nitrogens with one attached hydrogen (secondary N) is 1. The molecule has 1 aromatic carbocycles. The number of nitrogens with two attached hydrogens (primary N) is 1. The van der Waals surface area contributed by atoms with Crippen LogP contribution in [0.5, 0.6) is 0 Å². The molecule has 0 bridgehead atoms. The number of aromatic nitrogens is 2. The summed E-state index contributed by atoms with van der Waals surface area (Å²) in [5.41, 5.74) is 5.02. The third kappa shape index (κ3) is 3.70. The molecule has 3 N–H and O–H groups in total. The predicted molar refractivity (Wildman–Crippen MR) is 78.1 cm³/mol. The highest BCUT2D eigenvalue weighted by Gasteiger charge is 2.12. The van der Waals surface area contributed by atoms with Crippen molar-refractivity contribution in [1.29, 1.82) is 0 Å². The van der Waals surface area contributed by atoms with E-state index in [1.807, 2.05) is 31.6 Å². The average Bonchev–Trinajstić information content (AvgIpc) is 2.80. The van der Waals surface area contributed by atoms with Crippen LogP contribution in [-0.4, -0.2) is 9.78 Å². The van der Waals surface area contributed by atoms with Crippen molar-refractivity contribution < 1.29 is 0 Å². The van der Waals surface area contributed by atoms with Gasteiger partial charge in [0.05, 0.1) is 16.2 Å². The van der Waals surface area contributed by atoms with Crippen molar-refractivity contribution in [3.63, 3.8) is 0 Å². The summed E-state index contributed by atoms with van der Waals surface area (Å²) in [5.74, 6) is 5.62. The minimum absolute atomic E-state index is 0.0370. The summed E-state index contributed by atoms with van der Waals surface area (Å²) in [7, 11) is 1.90. The Bertz CT molecular complexity index is 553. The van der Waals surface area contributed by atoms with Crippen LogP contribution in [0.1, 0.15) is 23.6 Å². The largest absolute Gasteiger partial charge is 0.276 e. The van der Waals surface area contributed by atoms with Crippen LogP contribution in [-0.2, 0) is 13.5 Å². The monoisotopic (exact) mass is 298 g/mol. The Labute approximate surface area is 122 Å². The van der Waals surface area contributed by atoms with Crippen molar-refractivity contribution in [2.75, 3.05) is 0 Å². The first-order valence-electron chi connectivity index (χ1n) is 5.98. The van der Waals surface area contributed by atoms with Gasteiger partial charge in [-0.15, -0.1) is 0 Å². The molecule has 0 saturated carbocycles. The first-order valence-corrected chi connectivity index (χ1v) is 6.74. The number of nitrogens with zero attached hydrogens (tertiary/aromatic N) is 2. The highest BCUT2D eigenvalue weighted by Crippen LogP contribution is 2.27. The second-order valence-corrected chi connectivity index (χ2v) is 5.27. The average molecular weight is 299 g/mol. The van der Waals surface area contributed by atoms with Gasteiger partial charge in [-0.25, -0.2) is 0 Å². The predicted octanol–water partition coefficient (Wildman–Crippen LogP) is 2.86. The van der Waals surface area contributed by atoms with Gasteiger partial charge in [-0.3, -0.25) is 16.0 Å². The van der Waals surface area contributed by atoms with Gasteiger partial charge < -0.3 is 0 Å². The lowest BCUT2D eigenvalue weighted by atomic mass is 10.0. The normalized spacial score (nSPS) is 12.6. The zero-order valence-corrected chi connectivity index (χ0v) is 12.1. The molecule has 1 heterocycles. The van der Waals surface area contributed by atoms with E-state index < -0.39 is 0 Å². The molecule has 0 spiro atoms. The van der Waals surface area contributed by atoms with E-state index in [1.165, 1.54) is 5.56 Å². The van der Waals surface area contributed by atoms with E-state index in [-0.39, 0.29) is 6.04 Å². The second kappa shape index (κ2) is 6.39. The highest BCUT2D eigenvalue weighted by molar-refractivity contribution is 6.42. The molecule has 0 aliphatic rings. The van der Waals surface area contributed by atoms with Crippen molar-refractivity contribution in [2.45, 2.75) is 18.9 Å². The fraction of sp³-hybridized carbons (Fsp3) is 0.308. The van der Waals surface area contributed by atoms with E-state index in [0.717, 1.165) is 18.4 Å². The van der Waals surface area contributed by atoms with Crippen LogP contribution >= 0.6 is 23.2 Å². The summed E-state index contributed by atoms with van der Waals surface area (Å²) in [4.78, 5) is 0. The lowest BCUT2D eigenvalue weighted by molar-refractivity contribution is 0.516. The fourth-order valence-electron chi connectivity index (χ4n) is 1.99. The van der Waals surface area contributed by atoms with Crippen molar-refractivity contribution in [2.24, 2.45) is 12.9 Å². The van der Waals surface area contributed by atoms with E-state index >= 15 is 0 Å². The van der Waals surface area contributed by atoms with Crippen molar-refractivity contribution in [1.82, 2.24) is 15.2 Å². The molecule has 0 radical (unpaired) electrons. The molecule has 4 nitrogen and oxygen atoms in total. The van der Waals surface area contributed by atoms with E-state index in [2.05, 4.69) is 10.5 Å². The van der Waals surface area contributed by atoms with Gasteiger partial charge in [0, 0.05) is 19.3 Å². The molecule has 0 fully saturated rings. The zero-order chi connectivity index (χ0) is 13.8. The van der Waals surface area contributed by atoms with E-state index in [9.17, 15) is 0 Å². The first kappa shape index (κ1) is 14.3. The minimum Gasteiger partial charge on any atom is -0.276 e. The van der Waals surface area contributed by atoms with Gasteiger partial charge in [-0.1, -0.05) is 29.3 Å². The number of hydrogen-bond acceptors (Lipinski definition) is 3. The molecule has 0 saturated heterocycles. The topological polar surface area (TPSA) is 55.9 Å². The van der Waals surface area contributed by atoms with Gasteiger partial charge in [0.25, 0.3) is 0 Å². The standard InChI is InChI=1S/C13H16Cl2N4/c1-19-8-9(7-17-19)2-5-13(18-16)10-3-4-11(14)12(15)6-10/h3-4,6-8,13,18H,2,5,16H2,1H3. The molecule has 6 heteroatoms. The van der Waals surface area contributed by atoms with Crippen molar-refractivity contribution >= 4 is 23.2 Å². The van der Waals surface area contributed by atoms with Crippen molar-refractivity contribution in [3.05, 3.63) is 51.8 Å². The maximum atomic E-state index is 6.02. The highest BCUT2D eigenvalue weighted by atomic mass is 35.5. The summed E-state index contributed by atoms with van der Waals surface area (Å²) in [5, 5.41) is 5.24. The summed E-state index contributed by atoms with van der Waals surface area (Å²) >= 11 is 11.9. The van der Waals surface area contributed by atoms with Gasteiger partial charge in [-0.2, -0.15) is 5.10 Å². The van der Waals surface area contributed by atoms with E-state index in [0.29, 0.717) is 10.0 Å². The van der Waals surface area contributed by atoms with E-state index in [4.69, 9.17) is 29.0 Å². The molecule has 1 unspecified atom stereocenters. The molecule has 1 atom stereocenters. The van der Waals surface area contributed by atoms with Gasteiger partial charge in [0.2, 0.25) is 0 Å². The Morgan fingerprint density at radius 2 is 2.16 bits per heavy atom. The van der Waals surface area contributed by atoms with Gasteiger partial charge in [0.15, 0.2) is 0 Å². The summed E-state index contributed by atoms with van der Waals surface area (Å²) < 4.78 is 1.79. The molecule has 19 heavy (non-hydrogen) atoms. The van der Waals surface area contributed by atoms with Crippen LogP contribution < -0.4 is 11.3 Å². The van der Waals surface area contributed by atoms with Gasteiger partial charge >= 0.3 is 0 Å². The zero-order valence-electron chi connectivity index (χ0n) is 10.6. The summed E-state index contributed by atoms with van der Waals surface area (Å²) in [6, 6.07) is 5.60. The number of benzene rings is 1. The smallest absolute Gasteiger partial charge is 0.0595 e. The van der Waals surface area contributed by atoms with Crippen LogP contribution in [0.2, 0.25) is 10.0 Å². The molecular formula is C13H16Cl2N4. The summed E-state index contributed by atoms with van der Waals surface area (Å²) in [6.07, 6.45) is 5.62. The lowest BCUT2D eigenvalue weighted by Crippen LogP contribution is -2.28. The number of halogens is 2. The van der Waals surface area contributed by atoms with Crippen LogP contribution in [0.3, 0.4) is 0 Å². The fourth-order valence-corrected chi connectivity index (χ4v) is 2.29. The van der Waals surface area contributed by atoms with Crippen LogP contribution in [0.15, 0.2) is 30.6 Å². The molecule has 1 aromatic heterocycles. The van der Waals surface area contributed by atoms with E-state index in [1.54, 1.807) is 10.7 Å². The Kier molecular flexibility index (Phi) is 4.82. The first-order chi connectivity index (χ1) is 9.10. The molecule has 2 rings (SSSR count). The third-order valence-electron chi connectivity index (χ3n) is 3.03. The van der Waals surface area contributed by atoms with Crippen molar-refractivity contribution in [3.8, 4) is 0 Å². The molecule has 0 aliphatic carbocycles. The number of hydrazine groups is 1. The van der Waals surface area contributed by atoms with Crippen LogP contribution in [0.4, 0.5) is 0 Å². The van der Waals surface area contributed by atoms with Crippen LogP contribution in [0.25, 0.3) is 0 Å².